The van der Waals surface area contributed by atoms with Gasteiger partial charge in [-0.1, -0.05) is 48.5 Å². The van der Waals surface area contributed by atoms with Gasteiger partial charge in [0, 0.05) is 6.42 Å². The highest BCUT2D eigenvalue weighted by Crippen LogP contribution is 2.21. The van der Waals surface area contributed by atoms with Gasteiger partial charge >= 0.3 is 0 Å². The number of hydrogen-bond donors (Lipinski definition) is 1. The van der Waals surface area contributed by atoms with Gasteiger partial charge < -0.3 is 10.5 Å². The minimum Gasteiger partial charge on any atom is -0.493 e. The number of para-hydroxylation sites is 1. The highest BCUT2D eigenvalue weighted by Gasteiger charge is 2.03. The van der Waals surface area contributed by atoms with Crippen molar-refractivity contribution in [2.24, 2.45) is 5.73 Å². The Morgan fingerprint density at radius 1 is 0.850 bits per heavy atom. The molecule has 2 N–H and O–H groups in total. The van der Waals surface area contributed by atoms with Gasteiger partial charge in [-0.05, 0) is 36.6 Å². The van der Waals surface area contributed by atoms with Gasteiger partial charge in [0.1, 0.15) is 5.75 Å². The van der Waals surface area contributed by atoms with E-state index in [9.17, 15) is 0 Å². The lowest BCUT2D eigenvalue weighted by Gasteiger charge is -2.11. The molecule has 0 fully saturated rings. The molecule has 0 aliphatic rings. The summed E-state index contributed by atoms with van der Waals surface area (Å²) in [7, 11) is 0. The van der Waals surface area contributed by atoms with Crippen molar-refractivity contribution in [2.75, 3.05) is 13.2 Å². The fourth-order valence-corrected chi connectivity index (χ4v) is 2.03. The Labute approximate surface area is 127 Å². The summed E-state index contributed by atoms with van der Waals surface area (Å²) in [6.07, 6.45) is 2.94. The molecule has 0 aliphatic heterocycles. The molecule has 0 spiro atoms. The monoisotopic (exact) mass is 291 g/mol. The molecule has 20 heavy (non-hydrogen) atoms. The fraction of sp³-hybridized carbons (Fsp3) is 0.294. The zero-order valence-electron chi connectivity index (χ0n) is 11.6. The van der Waals surface area contributed by atoms with E-state index in [4.69, 9.17) is 10.5 Å². The minimum atomic E-state index is 0. The van der Waals surface area contributed by atoms with Crippen molar-refractivity contribution in [3.63, 3.8) is 0 Å². The van der Waals surface area contributed by atoms with Crippen molar-refractivity contribution < 1.29 is 4.74 Å². The number of rotatable bonds is 7. The van der Waals surface area contributed by atoms with Crippen molar-refractivity contribution >= 4 is 12.4 Å². The lowest BCUT2D eigenvalue weighted by atomic mass is 10.0. The summed E-state index contributed by atoms with van der Waals surface area (Å²) in [6.45, 7) is 1.47. The second-order valence-corrected chi connectivity index (χ2v) is 4.61. The summed E-state index contributed by atoms with van der Waals surface area (Å²) in [5, 5.41) is 0. The van der Waals surface area contributed by atoms with E-state index in [0.717, 1.165) is 38.2 Å². The predicted octanol–water partition coefficient (Wildman–Crippen LogP) is 3.82. The highest BCUT2D eigenvalue weighted by molar-refractivity contribution is 5.85. The molecule has 2 nitrogen and oxygen atoms in total. The fourth-order valence-electron chi connectivity index (χ4n) is 2.03. The molecule has 0 atom stereocenters. The van der Waals surface area contributed by atoms with Crippen LogP contribution in [-0.2, 0) is 6.42 Å². The maximum absolute atomic E-state index is 5.86. The van der Waals surface area contributed by atoms with Crippen molar-refractivity contribution in [2.45, 2.75) is 19.3 Å². The predicted molar refractivity (Wildman–Crippen MR) is 86.7 cm³/mol. The molecule has 2 aromatic carbocycles. The van der Waals surface area contributed by atoms with Gasteiger partial charge in [0.15, 0.2) is 0 Å². The molecule has 0 unspecified atom stereocenters. The van der Waals surface area contributed by atoms with Crippen molar-refractivity contribution in [3.8, 4) is 5.75 Å². The summed E-state index contributed by atoms with van der Waals surface area (Å²) in [5.41, 5.74) is 8.03. The normalized spacial score (nSPS) is 9.85. The summed E-state index contributed by atoms with van der Waals surface area (Å²) >= 11 is 0. The average molecular weight is 292 g/mol. The van der Waals surface area contributed by atoms with Crippen LogP contribution in [0.25, 0.3) is 0 Å². The van der Waals surface area contributed by atoms with E-state index in [0.29, 0.717) is 0 Å². The molecule has 0 aromatic heterocycles. The second kappa shape index (κ2) is 9.40. The number of hydrogen-bond acceptors (Lipinski definition) is 2. The molecule has 108 valence electrons. The molecule has 2 aromatic rings. The third-order valence-electron chi connectivity index (χ3n) is 3.07. The maximum Gasteiger partial charge on any atom is 0.122 e. The van der Waals surface area contributed by atoms with Crippen LogP contribution in [0.15, 0.2) is 54.6 Å². The molecular formula is C17H22ClNO. The summed E-state index contributed by atoms with van der Waals surface area (Å²) in [6, 6.07) is 18.7. The van der Waals surface area contributed by atoms with Crippen LogP contribution in [0.3, 0.4) is 0 Å². The molecule has 0 heterocycles. The SMILES string of the molecule is Cl.NCCCCOc1ccccc1Cc1ccccc1. The van der Waals surface area contributed by atoms with Crippen molar-refractivity contribution in [1.29, 1.82) is 0 Å². The maximum atomic E-state index is 5.86. The minimum absolute atomic E-state index is 0. The first-order chi connectivity index (χ1) is 9.40. The summed E-state index contributed by atoms with van der Waals surface area (Å²) in [4.78, 5) is 0. The van der Waals surface area contributed by atoms with Crippen LogP contribution in [-0.4, -0.2) is 13.2 Å². The lowest BCUT2D eigenvalue weighted by molar-refractivity contribution is 0.305. The third kappa shape index (κ3) is 5.24. The Morgan fingerprint density at radius 3 is 2.30 bits per heavy atom. The van der Waals surface area contributed by atoms with Gasteiger partial charge in [0.2, 0.25) is 0 Å². The van der Waals surface area contributed by atoms with Crippen LogP contribution in [0.4, 0.5) is 0 Å². The average Bonchev–Trinajstić information content (AvgIpc) is 2.46. The van der Waals surface area contributed by atoms with Crippen LogP contribution in [0.1, 0.15) is 24.0 Å². The first kappa shape index (κ1) is 16.5. The molecule has 0 radical (unpaired) electrons. The molecule has 3 heteroatoms. The third-order valence-corrected chi connectivity index (χ3v) is 3.07. The summed E-state index contributed by atoms with van der Waals surface area (Å²) < 4.78 is 5.86. The van der Waals surface area contributed by atoms with E-state index in [1.54, 1.807) is 0 Å². The van der Waals surface area contributed by atoms with Crippen LogP contribution >= 0.6 is 12.4 Å². The van der Waals surface area contributed by atoms with E-state index in [2.05, 4.69) is 36.4 Å². The topological polar surface area (TPSA) is 35.2 Å². The van der Waals surface area contributed by atoms with Gasteiger partial charge in [0.05, 0.1) is 6.61 Å². The molecular weight excluding hydrogens is 270 g/mol. The Kier molecular flexibility index (Phi) is 7.78. The van der Waals surface area contributed by atoms with Crippen molar-refractivity contribution in [3.05, 3.63) is 65.7 Å². The molecule has 0 aliphatic carbocycles. The second-order valence-electron chi connectivity index (χ2n) is 4.61. The molecule has 2 rings (SSSR count). The van der Waals surface area contributed by atoms with Gasteiger partial charge in [0.25, 0.3) is 0 Å². The number of unbranched alkanes of at least 4 members (excludes halogenated alkanes) is 1. The van der Waals surface area contributed by atoms with E-state index < -0.39 is 0 Å². The van der Waals surface area contributed by atoms with Gasteiger partial charge in [-0.25, -0.2) is 0 Å². The van der Waals surface area contributed by atoms with Crippen LogP contribution in [0.5, 0.6) is 5.75 Å². The summed E-state index contributed by atoms with van der Waals surface area (Å²) in [5.74, 6) is 0.989. The first-order valence-electron chi connectivity index (χ1n) is 6.85. The van der Waals surface area contributed by atoms with Gasteiger partial charge in [-0.15, -0.1) is 12.4 Å². The van der Waals surface area contributed by atoms with Crippen LogP contribution in [0, 0.1) is 0 Å². The van der Waals surface area contributed by atoms with E-state index in [-0.39, 0.29) is 12.4 Å². The number of ether oxygens (including phenoxy) is 1. The molecule has 0 saturated carbocycles. The highest BCUT2D eigenvalue weighted by atomic mass is 35.5. The standard InChI is InChI=1S/C17H21NO.ClH/c18-12-6-7-13-19-17-11-5-4-10-16(17)14-15-8-2-1-3-9-15;/h1-5,8-11H,6-7,12-14,18H2;1H. The van der Waals surface area contributed by atoms with Crippen molar-refractivity contribution in [1.82, 2.24) is 0 Å². The van der Waals surface area contributed by atoms with Gasteiger partial charge in [-0.2, -0.15) is 0 Å². The molecule has 0 bridgehead atoms. The van der Waals surface area contributed by atoms with E-state index in [1.165, 1.54) is 11.1 Å². The Bertz CT molecular complexity index is 487. The smallest absolute Gasteiger partial charge is 0.122 e. The number of benzene rings is 2. The zero-order valence-corrected chi connectivity index (χ0v) is 12.4. The van der Waals surface area contributed by atoms with Crippen LogP contribution < -0.4 is 10.5 Å². The Morgan fingerprint density at radius 2 is 1.55 bits per heavy atom. The molecule has 0 amide bonds. The number of nitrogens with two attached hydrogens (primary N) is 1. The Balaban J connectivity index is 0.00000200. The largest absolute Gasteiger partial charge is 0.493 e. The van der Waals surface area contributed by atoms with E-state index >= 15 is 0 Å². The molecule has 0 saturated heterocycles. The Hall–Kier alpha value is -1.51. The van der Waals surface area contributed by atoms with Crippen LogP contribution in [0.2, 0.25) is 0 Å². The first-order valence-corrected chi connectivity index (χ1v) is 6.85. The van der Waals surface area contributed by atoms with Gasteiger partial charge in [-0.3, -0.25) is 0 Å². The quantitative estimate of drug-likeness (QED) is 0.787. The lowest BCUT2D eigenvalue weighted by Crippen LogP contribution is -2.04. The number of halogens is 1. The van der Waals surface area contributed by atoms with E-state index in [1.807, 2.05) is 18.2 Å². The zero-order chi connectivity index (χ0) is 13.3.